The van der Waals surface area contributed by atoms with E-state index in [9.17, 15) is 0 Å². The highest BCUT2D eigenvalue weighted by Gasteiger charge is 2.01. The van der Waals surface area contributed by atoms with Crippen molar-refractivity contribution in [3.63, 3.8) is 0 Å². The van der Waals surface area contributed by atoms with Gasteiger partial charge in [0, 0.05) is 0 Å². The van der Waals surface area contributed by atoms with Gasteiger partial charge in [-0.1, -0.05) is 51.7 Å². The Hall–Kier alpha value is -2.10. The summed E-state index contributed by atoms with van der Waals surface area (Å²) in [7, 11) is 0. The van der Waals surface area contributed by atoms with Gasteiger partial charge in [0.2, 0.25) is 12.7 Å². The summed E-state index contributed by atoms with van der Waals surface area (Å²) in [5, 5.41) is 0. The van der Waals surface area contributed by atoms with Gasteiger partial charge in [0.05, 0.1) is 25.5 Å². The Morgan fingerprint density at radius 1 is 0.577 bits per heavy atom. The third-order valence-electron chi connectivity index (χ3n) is 4.93. The molecule has 0 aromatic carbocycles. The molecule has 0 spiro atoms. The predicted octanol–water partition coefficient (Wildman–Crippen LogP) is 4.67. The van der Waals surface area contributed by atoms with Crippen molar-refractivity contribution in [3.05, 3.63) is 50.6 Å². The van der Waals surface area contributed by atoms with E-state index in [4.69, 9.17) is 0 Å². The van der Waals surface area contributed by atoms with Crippen LogP contribution in [0, 0.1) is 0 Å². The van der Waals surface area contributed by atoms with E-state index in [1.54, 1.807) is 0 Å². The van der Waals surface area contributed by atoms with Crippen LogP contribution in [-0.2, 0) is 13.1 Å². The second-order valence-corrected chi connectivity index (χ2v) is 7.10. The van der Waals surface area contributed by atoms with Crippen LogP contribution in [0.1, 0.15) is 64.2 Å². The van der Waals surface area contributed by atoms with E-state index in [-0.39, 0.29) is 0 Å². The number of aryl methyl sites for hydroxylation is 2. The molecule has 0 bridgehead atoms. The van der Waals surface area contributed by atoms with Crippen LogP contribution >= 0.6 is 0 Å². The van der Waals surface area contributed by atoms with Crippen molar-refractivity contribution in [2.24, 2.45) is 0 Å². The number of nitrogens with zero attached hydrogens (tertiary/aromatic N) is 4. The average Bonchev–Trinajstić information content (AvgIpc) is 3.31. The topological polar surface area (TPSA) is 17.6 Å². The molecule has 0 aliphatic heterocycles. The molecule has 0 saturated heterocycles. The second-order valence-electron chi connectivity index (χ2n) is 7.10. The van der Waals surface area contributed by atoms with E-state index in [0.29, 0.717) is 0 Å². The first-order valence-corrected chi connectivity index (χ1v) is 10.2. The number of unbranched alkanes of at least 4 members (excludes halogenated alkanes) is 9. The summed E-state index contributed by atoms with van der Waals surface area (Å²) >= 11 is 0. The van der Waals surface area contributed by atoms with Gasteiger partial charge < -0.3 is 0 Å². The third kappa shape index (κ3) is 7.85. The Kier molecular flexibility index (Phi) is 9.55. The van der Waals surface area contributed by atoms with Crippen molar-refractivity contribution in [2.45, 2.75) is 77.3 Å². The molecule has 2 rings (SSSR count). The molecule has 0 saturated carbocycles. The van der Waals surface area contributed by atoms with Crippen LogP contribution in [0.25, 0.3) is 12.4 Å². The van der Waals surface area contributed by atoms with Crippen LogP contribution in [0.15, 0.2) is 50.6 Å². The average molecular weight is 357 g/mol. The zero-order valence-electron chi connectivity index (χ0n) is 16.3. The van der Waals surface area contributed by atoms with Crippen molar-refractivity contribution in [2.75, 3.05) is 0 Å². The number of aromatic nitrogens is 4. The first-order valence-electron chi connectivity index (χ1n) is 10.2. The van der Waals surface area contributed by atoms with E-state index in [0.717, 1.165) is 13.1 Å². The summed E-state index contributed by atoms with van der Waals surface area (Å²) in [6, 6.07) is 0. The molecule has 0 atom stereocenters. The fourth-order valence-corrected chi connectivity index (χ4v) is 3.31. The van der Waals surface area contributed by atoms with Crippen LogP contribution in [0.3, 0.4) is 0 Å². The van der Waals surface area contributed by atoms with Gasteiger partial charge in [-0.2, -0.15) is 0 Å². The first kappa shape index (κ1) is 20.2. The van der Waals surface area contributed by atoms with Gasteiger partial charge in [-0.05, 0) is 25.7 Å². The Morgan fingerprint density at radius 3 is 1.23 bits per heavy atom. The number of hydrogen-bond donors (Lipinski definition) is 0. The maximum absolute atomic E-state index is 3.77. The van der Waals surface area contributed by atoms with E-state index >= 15 is 0 Å². The Morgan fingerprint density at radius 2 is 0.923 bits per heavy atom. The van der Waals surface area contributed by atoms with Gasteiger partial charge in [0.1, 0.15) is 24.8 Å². The van der Waals surface area contributed by atoms with Crippen molar-refractivity contribution in [1.29, 1.82) is 0 Å². The Balaban J connectivity index is 1.34. The standard InChI is InChI=1S/C22H36N4/c1-3-23-17-19-25(21-23)15-13-11-9-7-5-6-8-10-12-14-16-26-20-18-24(4-2)22-26/h3-4,17-22H,1-2,5-16H2/q+2. The second kappa shape index (κ2) is 12.3. The van der Waals surface area contributed by atoms with Gasteiger partial charge in [-0.15, -0.1) is 0 Å². The van der Waals surface area contributed by atoms with Crippen LogP contribution in [-0.4, -0.2) is 9.13 Å². The zero-order chi connectivity index (χ0) is 18.5. The molecule has 0 unspecified atom stereocenters. The number of imidazole rings is 2. The smallest absolute Gasteiger partial charge is 0.236 e. The molecular weight excluding hydrogens is 320 g/mol. The lowest BCUT2D eigenvalue weighted by Gasteiger charge is -2.02. The SMILES string of the molecule is C=Cn1cc[n+](CCCCCCCCCCCC[n+]2ccn(C=C)c2)c1. The predicted molar refractivity (Wildman–Crippen MR) is 108 cm³/mol. The highest BCUT2D eigenvalue weighted by Crippen LogP contribution is 2.10. The minimum atomic E-state index is 1.12. The number of rotatable bonds is 15. The van der Waals surface area contributed by atoms with E-state index in [2.05, 4.69) is 47.3 Å². The zero-order valence-corrected chi connectivity index (χ0v) is 16.3. The molecule has 2 aromatic heterocycles. The molecule has 142 valence electrons. The van der Waals surface area contributed by atoms with E-state index < -0.39 is 0 Å². The molecule has 0 aliphatic rings. The molecule has 0 radical (unpaired) electrons. The molecule has 0 aliphatic carbocycles. The summed E-state index contributed by atoms with van der Waals surface area (Å²) < 4.78 is 8.48. The summed E-state index contributed by atoms with van der Waals surface area (Å²) in [5.74, 6) is 0. The van der Waals surface area contributed by atoms with Crippen LogP contribution in [0.4, 0.5) is 0 Å². The van der Waals surface area contributed by atoms with Crippen molar-refractivity contribution in [1.82, 2.24) is 9.13 Å². The monoisotopic (exact) mass is 356 g/mol. The lowest BCUT2D eigenvalue weighted by atomic mass is 10.1. The molecule has 0 fully saturated rings. The van der Waals surface area contributed by atoms with Gasteiger partial charge in [0.15, 0.2) is 0 Å². The molecule has 2 aromatic rings. The Labute approximate surface area is 159 Å². The molecule has 0 amide bonds. The quantitative estimate of drug-likeness (QED) is 0.326. The fourth-order valence-electron chi connectivity index (χ4n) is 3.31. The molecule has 4 nitrogen and oxygen atoms in total. The largest absolute Gasteiger partial charge is 0.248 e. The summed E-state index contributed by atoms with van der Waals surface area (Å²) in [6.45, 7) is 9.78. The van der Waals surface area contributed by atoms with Crippen LogP contribution in [0.2, 0.25) is 0 Å². The highest BCUT2D eigenvalue weighted by atomic mass is 15.1. The van der Waals surface area contributed by atoms with Gasteiger partial charge >= 0.3 is 0 Å². The molecule has 26 heavy (non-hydrogen) atoms. The normalized spacial score (nSPS) is 10.9. The van der Waals surface area contributed by atoms with E-state index in [1.807, 2.05) is 33.9 Å². The summed E-state index contributed by atoms with van der Waals surface area (Å²) in [5.41, 5.74) is 0. The lowest BCUT2D eigenvalue weighted by molar-refractivity contribution is -0.696. The van der Waals surface area contributed by atoms with Crippen molar-refractivity contribution >= 4 is 12.4 Å². The maximum atomic E-state index is 3.77. The van der Waals surface area contributed by atoms with Gasteiger partial charge in [0.25, 0.3) is 0 Å². The van der Waals surface area contributed by atoms with Gasteiger partial charge in [-0.25, -0.2) is 18.3 Å². The van der Waals surface area contributed by atoms with Crippen molar-refractivity contribution in [3.8, 4) is 0 Å². The fraction of sp³-hybridized carbons (Fsp3) is 0.545. The first-order chi connectivity index (χ1) is 12.8. The Bertz CT molecular complexity index is 582. The summed E-state index contributed by atoms with van der Waals surface area (Å²) in [4.78, 5) is 0. The van der Waals surface area contributed by atoms with Gasteiger partial charge in [-0.3, -0.25) is 0 Å². The molecule has 0 N–H and O–H groups in total. The highest BCUT2D eigenvalue weighted by molar-refractivity contribution is 5.13. The molecule has 2 heterocycles. The van der Waals surface area contributed by atoms with Crippen LogP contribution < -0.4 is 9.13 Å². The lowest BCUT2D eigenvalue weighted by Crippen LogP contribution is -2.30. The number of hydrogen-bond acceptors (Lipinski definition) is 0. The van der Waals surface area contributed by atoms with Crippen LogP contribution in [0.5, 0.6) is 0 Å². The minimum absolute atomic E-state index is 1.12. The minimum Gasteiger partial charge on any atom is -0.236 e. The maximum Gasteiger partial charge on any atom is 0.248 e. The third-order valence-corrected chi connectivity index (χ3v) is 4.93. The summed E-state index contributed by atoms with van der Waals surface area (Å²) in [6.07, 6.45) is 29.7. The molecular formula is C22H36N4+2. The molecule has 4 heteroatoms. The van der Waals surface area contributed by atoms with Crippen molar-refractivity contribution < 1.29 is 9.13 Å². The van der Waals surface area contributed by atoms with E-state index in [1.165, 1.54) is 64.2 Å².